The number of rotatable bonds is 7. The molecule has 0 aromatic carbocycles. The number of esters is 1. The molecule has 0 radical (unpaired) electrons. The molecule has 0 atom stereocenters. The largest absolute Gasteiger partial charge is 0.484 e. The Morgan fingerprint density at radius 2 is 1.97 bits per heavy atom. The van der Waals surface area contributed by atoms with Gasteiger partial charge in [0.15, 0.2) is 5.06 Å². The Balaban J connectivity index is 1.42. The van der Waals surface area contributed by atoms with Gasteiger partial charge in [-0.25, -0.2) is 4.39 Å². The number of likely N-dealkylation sites (tertiary alicyclic amines) is 1. The van der Waals surface area contributed by atoms with E-state index in [0.29, 0.717) is 39.0 Å². The number of hydrogen-bond donors (Lipinski definition) is 0. The number of halogens is 1. The minimum Gasteiger partial charge on any atom is -0.484 e. The number of nitrogens with zero attached hydrogens (tertiary/aromatic N) is 2. The van der Waals surface area contributed by atoms with Gasteiger partial charge in [0.25, 0.3) is 0 Å². The molecule has 3 rings (SSSR count). The Morgan fingerprint density at radius 3 is 2.62 bits per heavy atom. The van der Waals surface area contributed by atoms with Crippen molar-refractivity contribution in [1.29, 1.82) is 0 Å². The van der Waals surface area contributed by atoms with E-state index in [1.807, 2.05) is 32.6 Å². The van der Waals surface area contributed by atoms with Gasteiger partial charge in [-0.3, -0.25) is 14.6 Å². The van der Waals surface area contributed by atoms with Gasteiger partial charge < -0.3 is 9.47 Å². The molecule has 5 nitrogen and oxygen atoms in total. The SMILES string of the molecule is CCOc1cc2c(s1)CCN(CCC1(F)CCN(CC(=O)OC(C)(C)C)CC1)C2. The number of ether oxygens (including phenoxy) is 2. The molecule has 0 bridgehead atoms. The summed E-state index contributed by atoms with van der Waals surface area (Å²) in [6, 6.07) is 2.15. The average Bonchev–Trinajstić information content (AvgIpc) is 3.03. The van der Waals surface area contributed by atoms with Gasteiger partial charge in [-0.2, -0.15) is 0 Å². The first kappa shape index (κ1) is 22.5. The zero-order valence-electron chi connectivity index (χ0n) is 18.3. The van der Waals surface area contributed by atoms with Crippen LogP contribution < -0.4 is 4.74 Å². The fourth-order valence-electron chi connectivity index (χ4n) is 4.05. The maximum absolute atomic E-state index is 15.3. The molecule has 0 unspecified atom stereocenters. The highest BCUT2D eigenvalue weighted by Gasteiger charge is 2.36. The Bertz CT molecular complexity index is 693. The first-order valence-corrected chi connectivity index (χ1v) is 11.6. The average molecular weight is 427 g/mol. The minimum absolute atomic E-state index is 0.227. The molecule has 0 saturated carbocycles. The van der Waals surface area contributed by atoms with E-state index in [1.54, 1.807) is 11.3 Å². The highest BCUT2D eigenvalue weighted by Crippen LogP contribution is 2.35. The number of piperidine rings is 1. The summed E-state index contributed by atoms with van der Waals surface area (Å²) in [5.74, 6) is -0.227. The molecule has 0 N–H and O–H groups in total. The molecule has 0 spiro atoms. The normalized spacial score (nSPS) is 20.3. The van der Waals surface area contributed by atoms with Crippen LogP contribution in [0.15, 0.2) is 6.07 Å². The maximum Gasteiger partial charge on any atom is 0.320 e. The Labute approximate surface area is 178 Å². The van der Waals surface area contributed by atoms with Gasteiger partial charge in [0, 0.05) is 37.6 Å². The molecule has 2 aliphatic rings. The topological polar surface area (TPSA) is 42.0 Å². The van der Waals surface area contributed by atoms with E-state index in [2.05, 4.69) is 11.0 Å². The number of alkyl halides is 1. The van der Waals surface area contributed by atoms with Crippen molar-refractivity contribution < 1.29 is 18.7 Å². The molecule has 0 amide bonds. The third kappa shape index (κ3) is 6.66. The van der Waals surface area contributed by atoms with Crippen molar-refractivity contribution >= 4 is 17.3 Å². The Kier molecular flexibility index (Phi) is 7.23. The number of fused-ring (bicyclic) bond motifs is 1. The fourth-order valence-corrected chi connectivity index (χ4v) is 5.11. The number of carbonyl (C=O) groups is 1. The van der Waals surface area contributed by atoms with Crippen LogP contribution in [0.5, 0.6) is 5.06 Å². The van der Waals surface area contributed by atoms with Crippen LogP contribution in [-0.2, 0) is 22.5 Å². The molecule has 1 saturated heterocycles. The number of carbonyl (C=O) groups excluding carboxylic acids is 1. The van der Waals surface area contributed by atoms with Crippen LogP contribution in [0, 0.1) is 0 Å². The Hall–Kier alpha value is -1.18. The van der Waals surface area contributed by atoms with E-state index in [-0.39, 0.29) is 12.5 Å². The summed E-state index contributed by atoms with van der Waals surface area (Å²) in [6.45, 7) is 12.4. The van der Waals surface area contributed by atoms with Crippen LogP contribution in [0.4, 0.5) is 4.39 Å². The molecule has 1 aromatic heterocycles. The van der Waals surface area contributed by atoms with Gasteiger partial charge in [-0.05, 0) is 65.0 Å². The quantitative estimate of drug-likeness (QED) is 0.616. The van der Waals surface area contributed by atoms with Crippen molar-refractivity contribution in [2.75, 3.05) is 39.3 Å². The predicted molar refractivity (Wildman–Crippen MR) is 114 cm³/mol. The third-order valence-electron chi connectivity index (χ3n) is 5.61. The van der Waals surface area contributed by atoms with Gasteiger partial charge >= 0.3 is 5.97 Å². The van der Waals surface area contributed by atoms with Crippen LogP contribution >= 0.6 is 11.3 Å². The lowest BCUT2D eigenvalue weighted by molar-refractivity contribution is -0.156. The summed E-state index contributed by atoms with van der Waals surface area (Å²) in [5, 5.41) is 0.999. The van der Waals surface area contributed by atoms with E-state index in [0.717, 1.165) is 31.1 Å². The molecule has 29 heavy (non-hydrogen) atoms. The molecule has 0 aliphatic carbocycles. The molecular formula is C22H35FN2O3S. The van der Waals surface area contributed by atoms with Gasteiger partial charge in [0.1, 0.15) is 11.3 Å². The second-order valence-corrected chi connectivity index (χ2v) is 10.3. The molecular weight excluding hydrogens is 391 g/mol. The smallest absolute Gasteiger partial charge is 0.320 e. The summed E-state index contributed by atoms with van der Waals surface area (Å²) < 4.78 is 26.3. The highest BCUT2D eigenvalue weighted by atomic mass is 32.1. The van der Waals surface area contributed by atoms with E-state index in [4.69, 9.17) is 9.47 Å². The molecule has 7 heteroatoms. The fraction of sp³-hybridized carbons (Fsp3) is 0.773. The van der Waals surface area contributed by atoms with Crippen molar-refractivity contribution in [3.8, 4) is 5.06 Å². The van der Waals surface area contributed by atoms with Crippen molar-refractivity contribution in [2.24, 2.45) is 0 Å². The summed E-state index contributed by atoms with van der Waals surface area (Å²) in [5.41, 5.74) is -0.267. The van der Waals surface area contributed by atoms with Crippen molar-refractivity contribution in [2.45, 2.75) is 71.2 Å². The van der Waals surface area contributed by atoms with Crippen LogP contribution in [0.1, 0.15) is 57.4 Å². The number of hydrogen-bond acceptors (Lipinski definition) is 6. The maximum atomic E-state index is 15.3. The van der Waals surface area contributed by atoms with Crippen molar-refractivity contribution in [1.82, 2.24) is 9.80 Å². The first-order valence-electron chi connectivity index (χ1n) is 10.8. The van der Waals surface area contributed by atoms with Crippen molar-refractivity contribution in [3.05, 3.63) is 16.5 Å². The molecule has 1 fully saturated rings. The summed E-state index contributed by atoms with van der Waals surface area (Å²) >= 11 is 1.75. The van der Waals surface area contributed by atoms with E-state index < -0.39 is 11.3 Å². The summed E-state index contributed by atoms with van der Waals surface area (Å²) in [4.78, 5) is 17.8. The van der Waals surface area contributed by atoms with E-state index in [1.165, 1.54) is 10.4 Å². The molecule has 2 aliphatic heterocycles. The molecule has 1 aromatic rings. The van der Waals surface area contributed by atoms with Crippen molar-refractivity contribution in [3.63, 3.8) is 0 Å². The van der Waals surface area contributed by atoms with Crippen LogP contribution in [-0.4, -0.2) is 66.4 Å². The third-order valence-corrected chi connectivity index (χ3v) is 6.76. The minimum atomic E-state index is -1.13. The lowest BCUT2D eigenvalue weighted by atomic mass is 9.89. The summed E-state index contributed by atoms with van der Waals surface area (Å²) in [7, 11) is 0. The first-order chi connectivity index (χ1) is 13.7. The monoisotopic (exact) mass is 426 g/mol. The lowest BCUT2D eigenvalue weighted by Crippen LogP contribution is -2.46. The predicted octanol–water partition coefficient (Wildman–Crippen LogP) is 4.04. The van der Waals surface area contributed by atoms with Crippen LogP contribution in [0.3, 0.4) is 0 Å². The second-order valence-electron chi connectivity index (χ2n) is 9.24. The van der Waals surface area contributed by atoms with Gasteiger partial charge in [-0.15, -0.1) is 11.3 Å². The summed E-state index contributed by atoms with van der Waals surface area (Å²) in [6.07, 6.45) is 2.56. The standard InChI is InChI=1S/C22H35FN2O3S/c1-5-27-20-14-17-15-24(10-6-18(17)29-20)11-7-22(23)8-12-25(13-9-22)16-19(26)28-21(2,3)4/h14H,5-13,15-16H2,1-4H3. The molecule has 164 valence electrons. The van der Waals surface area contributed by atoms with E-state index in [9.17, 15) is 4.79 Å². The number of thiophene rings is 1. The zero-order chi connectivity index (χ0) is 21.1. The lowest BCUT2D eigenvalue weighted by Gasteiger charge is -2.37. The van der Waals surface area contributed by atoms with Gasteiger partial charge in [0.05, 0.1) is 13.2 Å². The van der Waals surface area contributed by atoms with Gasteiger partial charge in [0.2, 0.25) is 0 Å². The zero-order valence-corrected chi connectivity index (χ0v) is 19.1. The van der Waals surface area contributed by atoms with Crippen LogP contribution in [0.2, 0.25) is 0 Å². The second kappa shape index (κ2) is 9.31. The van der Waals surface area contributed by atoms with E-state index >= 15 is 4.39 Å². The Morgan fingerprint density at radius 1 is 1.24 bits per heavy atom. The van der Waals surface area contributed by atoms with Gasteiger partial charge in [-0.1, -0.05) is 0 Å². The van der Waals surface area contributed by atoms with Crippen LogP contribution in [0.25, 0.3) is 0 Å². The highest BCUT2D eigenvalue weighted by molar-refractivity contribution is 7.14. The molecule has 3 heterocycles.